The van der Waals surface area contributed by atoms with Gasteiger partial charge in [-0.05, 0) is 83.5 Å². The molecule has 0 bridgehead atoms. The predicted octanol–water partition coefficient (Wildman–Crippen LogP) is 18.1. The standard InChI is InChI=1S/C57H102O5/c1-4-7-10-13-16-19-22-24-26-28-29-30-31-33-36-38-41-44-47-50-56(58)61-54-55(62-57(59)51-48-45-42-39-35-21-18-15-12-9-6-3)53-60-52-49-46-43-40-37-34-32-27-25-23-20-17-14-11-8-5-2/h8,11,17,20,24-27,34,37,55H,4-7,9-10,12-16,18-19,21-23,28-33,35-36,38-54H2,1-3H3/b11-8-,20-17-,26-24-,27-25-,37-34-. The molecule has 0 saturated carbocycles. The minimum atomic E-state index is -0.551. The lowest BCUT2D eigenvalue weighted by molar-refractivity contribution is -0.163. The summed E-state index contributed by atoms with van der Waals surface area (Å²) in [7, 11) is 0. The molecule has 0 heterocycles. The normalized spacial score (nSPS) is 12.6. The molecule has 0 amide bonds. The van der Waals surface area contributed by atoms with Gasteiger partial charge in [0.05, 0.1) is 6.61 Å². The average Bonchev–Trinajstić information content (AvgIpc) is 3.27. The number of hydrogen-bond donors (Lipinski definition) is 0. The Bertz CT molecular complexity index is 1070. The molecule has 0 radical (unpaired) electrons. The Morgan fingerprint density at radius 3 is 1.18 bits per heavy atom. The predicted molar refractivity (Wildman–Crippen MR) is 270 cm³/mol. The van der Waals surface area contributed by atoms with Gasteiger partial charge in [0, 0.05) is 19.4 Å². The second-order valence-electron chi connectivity index (χ2n) is 17.8. The Labute approximate surface area is 385 Å². The van der Waals surface area contributed by atoms with Crippen LogP contribution in [0.5, 0.6) is 0 Å². The van der Waals surface area contributed by atoms with Gasteiger partial charge in [-0.25, -0.2) is 0 Å². The van der Waals surface area contributed by atoms with Crippen molar-refractivity contribution < 1.29 is 23.8 Å². The van der Waals surface area contributed by atoms with Crippen molar-refractivity contribution in [3.8, 4) is 0 Å². The molecule has 0 saturated heterocycles. The highest BCUT2D eigenvalue weighted by Gasteiger charge is 2.17. The lowest BCUT2D eigenvalue weighted by Gasteiger charge is -2.18. The van der Waals surface area contributed by atoms with E-state index in [9.17, 15) is 9.59 Å². The number of ether oxygens (including phenoxy) is 3. The maximum atomic E-state index is 12.8. The summed E-state index contributed by atoms with van der Waals surface area (Å²) in [5.41, 5.74) is 0. The molecule has 0 aromatic rings. The second kappa shape index (κ2) is 52.9. The molecule has 0 aliphatic carbocycles. The van der Waals surface area contributed by atoms with E-state index in [1.165, 1.54) is 154 Å². The van der Waals surface area contributed by atoms with Crippen LogP contribution in [0.1, 0.15) is 265 Å². The molecule has 360 valence electrons. The highest BCUT2D eigenvalue weighted by molar-refractivity contribution is 5.70. The number of allylic oxidation sites excluding steroid dienone is 10. The summed E-state index contributed by atoms with van der Waals surface area (Å²) >= 11 is 0. The van der Waals surface area contributed by atoms with Crippen molar-refractivity contribution in [3.05, 3.63) is 60.8 Å². The molecule has 0 aromatic carbocycles. The Morgan fingerprint density at radius 2 is 0.726 bits per heavy atom. The van der Waals surface area contributed by atoms with Crippen molar-refractivity contribution in [3.63, 3.8) is 0 Å². The molecule has 0 N–H and O–H groups in total. The lowest BCUT2D eigenvalue weighted by Crippen LogP contribution is -2.30. The Morgan fingerprint density at radius 1 is 0.371 bits per heavy atom. The van der Waals surface area contributed by atoms with Crippen molar-refractivity contribution in [2.75, 3.05) is 19.8 Å². The van der Waals surface area contributed by atoms with E-state index in [4.69, 9.17) is 14.2 Å². The molecule has 0 aliphatic rings. The van der Waals surface area contributed by atoms with Crippen LogP contribution in [0.15, 0.2) is 60.8 Å². The third-order valence-electron chi connectivity index (χ3n) is 11.5. The molecule has 0 fully saturated rings. The van der Waals surface area contributed by atoms with E-state index < -0.39 is 6.10 Å². The molecule has 5 nitrogen and oxygen atoms in total. The maximum Gasteiger partial charge on any atom is 0.306 e. The number of carbonyl (C=O) groups excluding carboxylic acids is 2. The van der Waals surface area contributed by atoms with Gasteiger partial charge in [0.25, 0.3) is 0 Å². The number of esters is 2. The van der Waals surface area contributed by atoms with Crippen LogP contribution in [0.4, 0.5) is 0 Å². The van der Waals surface area contributed by atoms with Gasteiger partial charge in [-0.3, -0.25) is 9.59 Å². The first-order valence-corrected chi connectivity index (χ1v) is 26.8. The largest absolute Gasteiger partial charge is 0.462 e. The van der Waals surface area contributed by atoms with Crippen molar-refractivity contribution in [1.82, 2.24) is 0 Å². The summed E-state index contributed by atoms with van der Waals surface area (Å²) in [6.45, 7) is 7.66. The molecular weight excluding hydrogens is 765 g/mol. The molecule has 1 unspecified atom stereocenters. The monoisotopic (exact) mass is 867 g/mol. The zero-order valence-electron chi connectivity index (χ0n) is 41.4. The third kappa shape index (κ3) is 50.2. The van der Waals surface area contributed by atoms with Crippen LogP contribution in [0.3, 0.4) is 0 Å². The van der Waals surface area contributed by atoms with Gasteiger partial charge in [-0.2, -0.15) is 0 Å². The van der Waals surface area contributed by atoms with Crippen molar-refractivity contribution in [2.24, 2.45) is 0 Å². The first-order chi connectivity index (χ1) is 30.6. The van der Waals surface area contributed by atoms with E-state index in [0.717, 1.165) is 77.0 Å². The van der Waals surface area contributed by atoms with Gasteiger partial charge in [-0.1, -0.05) is 229 Å². The minimum Gasteiger partial charge on any atom is -0.462 e. The molecule has 0 spiro atoms. The van der Waals surface area contributed by atoms with Gasteiger partial charge >= 0.3 is 11.9 Å². The molecule has 5 heteroatoms. The number of carbonyl (C=O) groups is 2. The molecule has 1 atom stereocenters. The maximum absolute atomic E-state index is 12.8. The topological polar surface area (TPSA) is 61.8 Å². The van der Waals surface area contributed by atoms with Crippen molar-refractivity contribution in [1.29, 1.82) is 0 Å². The van der Waals surface area contributed by atoms with Gasteiger partial charge in [0.2, 0.25) is 0 Å². The number of rotatable bonds is 49. The molecule has 62 heavy (non-hydrogen) atoms. The van der Waals surface area contributed by atoms with Crippen LogP contribution < -0.4 is 0 Å². The Hall–Kier alpha value is -2.40. The fourth-order valence-electron chi connectivity index (χ4n) is 7.56. The fraction of sp³-hybridized carbons (Fsp3) is 0.789. The van der Waals surface area contributed by atoms with Crippen LogP contribution in [-0.4, -0.2) is 37.9 Å². The first-order valence-electron chi connectivity index (χ1n) is 26.8. The van der Waals surface area contributed by atoms with Crippen molar-refractivity contribution >= 4 is 11.9 Å². The third-order valence-corrected chi connectivity index (χ3v) is 11.5. The van der Waals surface area contributed by atoms with Gasteiger partial charge in [0.15, 0.2) is 6.10 Å². The Balaban J connectivity index is 4.25. The number of unbranched alkanes of at least 4 members (excludes halogenated alkanes) is 28. The zero-order chi connectivity index (χ0) is 44.9. The summed E-state index contributed by atoms with van der Waals surface area (Å²) in [5.74, 6) is -0.410. The van der Waals surface area contributed by atoms with Crippen LogP contribution in [0, 0.1) is 0 Å². The first kappa shape index (κ1) is 59.6. The summed E-state index contributed by atoms with van der Waals surface area (Å²) < 4.78 is 17.4. The molecular formula is C57H102O5. The summed E-state index contributed by atoms with van der Waals surface area (Å²) in [6.07, 6.45) is 66.6. The van der Waals surface area contributed by atoms with E-state index in [2.05, 4.69) is 81.5 Å². The Kier molecular flexibility index (Phi) is 50.9. The van der Waals surface area contributed by atoms with Crippen LogP contribution in [0.2, 0.25) is 0 Å². The average molecular weight is 867 g/mol. The van der Waals surface area contributed by atoms with Crippen molar-refractivity contribution in [2.45, 2.75) is 271 Å². The highest BCUT2D eigenvalue weighted by atomic mass is 16.6. The van der Waals surface area contributed by atoms with E-state index in [1.54, 1.807) is 0 Å². The summed E-state index contributed by atoms with van der Waals surface area (Å²) in [5, 5.41) is 0. The molecule has 0 rings (SSSR count). The highest BCUT2D eigenvalue weighted by Crippen LogP contribution is 2.15. The second-order valence-corrected chi connectivity index (χ2v) is 17.8. The van der Waals surface area contributed by atoms with E-state index in [1.807, 2.05) is 0 Å². The van der Waals surface area contributed by atoms with E-state index in [-0.39, 0.29) is 25.2 Å². The summed E-state index contributed by atoms with van der Waals surface area (Å²) in [6, 6.07) is 0. The van der Waals surface area contributed by atoms with E-state index in [0.29, 0.717) is 19.4 Å². The molecule has 0 aromatic heterocycles. The van der Waals surface area contributed by atoms with Crippen LogP contribution in [0.25, 0.3) is 0 Å². The zero-order valence-corrected chi connectivity index (χ0v) is 41.4. The SMILES string of the molecule is CC/C=C\C/C=C\C/C=C\C/C=C\CCCCCOCC(COC(=O)CCCCCCCCCCC/C=C\CCCCCCCC)OC(=O)CCCCCCCCCCCCC. The van der Waals surface area contributed by atoms with E-state index >= 15 is 0 Å². The smallest absolute Gasteiger partial charge is 0.306 e. The van der Waals surface area contributed by atoms with Crippen LogP contribution in [-0.2, 0) is 23.8 Å². The quantitative estimate of drug-likeness (QED) is 0.0346. The van der Waals surface area contributed by atoms with Gasteiger partial charge < -0.3 is 14.2 Å². The number of hydrogen-bond acceptors (Lipinski definition) is 5. The molecule has 0 aliphatic heterocycles. The van der Waals surface area contributed by atoms with Crippen LogP contribution >= 0.6 is 0 Å². The summed E-state index contributed by atoms with van der Waals surface area (Å²) in [4.78, 5) is 25.4. The lowest BCUT2D eigenvalue weighted by atomic mass is 10.1. The van der Waals surface area contributed by atoms with Gasteiger partial charge in [0.1, 0.15) is 6.61 Å². The fourth-order valence-corrected chi connectivity index (χ4v) is 7.56. The van der Waals surface area contributed by atoms with Gasteiger partial charge in [-0.15, -0.1) is 0 Å². The minimum absolute atomic E-state index is 0.0730.